The van der Waals surface area contributed by atoms with E-state index in [-0.39, 0.29) is 27.9 Å². The second kappa shape index (κ2) is 14.4. The van der Waals surface area contributed by atoms with Gasteiger partial charge in [0.15, 0.2) is 5.78 Å². The lowest BCUT2D eigenvalue weighted by Gasteiger charge is -2.40. The Kier molecular flexibility index (Phi) is 9.52. The number of hydrogen-bond acceptors (Lipinski definition) is 4. The minimum atomic E-state index is -1.21. The second-order valence-electron chi connectivity index (χ2n) is 16.9. The Morgan fingerprint density at radius 3 is 2.19 bits per heavy atom. The van der Waals surface area contributed by atoms with E-state index in [2.05, 4.69) is 119 Å². The lowest BCUT2D eigenvalue weighted by atomic mass is 9.63. The van der Waals surface area contributed by atoms with Crippen molar-refractivity contribution < 1.29 is 19.8 Å². The van der Waals surface area contributed by atoms with Crippen LogP contribution >= 0.6 is 0 Å². The average Bonchev–Trinajstić information content (AvgIpc) is 3.18. The van der Waals surface area contributed by atoms with Crippen molar-refractivity contribution in [2.24, 2.45) is 5.41 Å². The number of hydrogen-bond donors (Lipinski definition) is 2. The van der Waals surface area contributed by atoms with Crippen LogP contribution in [0.25, 0.3) is 55.4 Å². The van der Waals surface area contributed by atoms with Gasteiger partial charge >= 0.3 is 5.97 Å². The van der Waals surface area contributed by atoms with E-state index in [1.165, 1.54) is 51.6 Å². The number of ketones is 1. The molecule has 0 unspecified atom stereocenters. The summed E-state index contributed by atoms with van der Waals surface area (Å²) in [6, 6.07) is 34.4. The summed E-state index contributed by atoms with van der Waals surface area (Å²) in [5.74, 6) is -1.75. The van der Waals surface area contributed by atoms with E-state index in [0.717, 1.165) is 64.3 Å². The van der Waals surface area contributed by atoms with Crippen LogP contribution in [0.4, 0.5) is 5.69 Å². The van der Waals surface area contributed by atoms with Gasteiger partial charge in [-0.15, -0.1) is 0 Å². The first kappa shape index (κ1) is 37.7. The lowest BCUT2D eigenvalue weighted by molar-refractivity contribution is 0.0693. The maximum atomic E-state index is 14.5. The van der Waals surface area contributed by atoms with Crippen LogP contribution < -0.4 is 4.90 Å². The normalized spacial score (nSPS) is 15.5. The van der Waals surface area contributed by atoms with Gasteiger partial charge in [0.1, 0.15) is 11.3 Å². The Morgan fingerprint density at radius 2 is 1.47 bits per heavy atom. The molecule has 0 amide bonds. The summed E-state index contributed by atoms with van der Waals surface area (Å²) in [5, 5.41) is 23.9. The van der Waals surface area contributed by atoms with E-state index in [0.29, 0.717) is 11.1 Å². The van der Waals surface area contributed by atoms with E-state index < -0.39 is 5.97 Å². The number of rotatable bonds is 9. The molecule has 0 aliphatic heterocycles. The highest BCUT2D eigenvalue weighted by atomic mass is 16.4. The summed E-state index contributed by atoms with van der Waals surface area (Å²) >= 11 is 0. The number of nitrogens with zero attached hydrogens (tertiary/aromatic N) is 1. The number of aromatic hydroxyl groups is 1. The van der Waals surface area contributed by atoms with Crippen LogP contribution in [0.5, 0.6) is 5.75 Å². The fourth-order valence-corrected chi connectivity index (χ4v) is 9.27. The Labute approximate surface area is 335 Å². The van der Waals surface area contributed by atoms with Gasteiger partial charge in [0.05, 0.1) is 0 Å². The van der Waals surface area contributed by atoms with Gasteiger partial charge in [0.25, 0.3) is 0 Å². The summed E-state index contributed by atoms with van der Waals surface area (Å²) in [5.41, 5.74) is 11.7. The number of carboxylic acids is 1. The fourth-order valence-electron chi connectivity index (χ4n) is 9.27. The van der Waals surface area contributed by atoms with Gasteiger partial charge in [-0.3, -0.25) is 4.79 Å². The number of phenols is 1. The molecule has 286 valence electrons. The molecule has 0 fully saturated rings. The molecule has 5 nitrogen and oxygen atoms in total. The van der Waals surface area contributed by atoms with Crippen molar-refractivity contribution in [2.75, 3.05) is 18.0 Å². The van der Waals surface area contributed by atoms with Crippen LogP contribution in [0.3, 0.4) is 0 Å². The number of benzene rings is 6. The maximum absolute atomic E-state index is 14.5. The quantitative estimate of drug-likeness (QED) is 0.114. The van der Waals surface area contributed by atoms with Gasteiger partial charge in [0, 0.05) is 24.3 Å². The molecular weight excluding hydrogens is 703 g/mol. The number of anilines is 1. The number of carbonyl (C=O) groups excluding carboxylic acids is 1. The van der Waals surface area contributed by atoms with Crippen molar-refractivity contribution in [2.45, 2.75) is 59.8 Å². The van der Waals surface area contributed by atoms with Crippen molar-refractivity contribution in [3.8, 4) is 28.0 Å². The third-order valence-corrected chi connectivity index (χ3v) is 12.0. The fraction of sp³-hybridized carbons (Fsp3) is 0.231. The van der Waals surface area contributed by atoms with E-state index in [1.807, 2.05) is 24.3 Å². The first-order valence-corrected chi connectivity index (χ1v) is 20.0. The van der Waals surface area contributed by atoms with Crippen molar-refractivity contribution in [3.05, 3.63) is 155 Å². The van der Waals surface area contributed by atoms with Crippen LogP contribution in [-0.2, 0) is 5.41 Å². The molecule has 6 aromatic rings. The van der Waals surface area contributed by atoms with Gasteiger partial charge < -0.3 is 15.1 Å². The zero-order valence-electron chi connectivity index (χ0n) is 33.6. The summed E-state index contributed by atoms with van der Waals surface area (Å²) in [7, 11) is 0. The number of aromatic carboxylic acids is 1. The minimum absolute atomic E-state index is 0.113. The SMILES string of the molecule is CCN(CC)c1ccc(-c2cc(-c3ccc4ccccc4c3C(=O)/C=C/c3ccc(C(=O)O)c(O)c3)cc3ccc4c(c23)C(C)(C)CC2=C4C=CC(C)(C)C2)cc1. The molecule has 57 heavy (non-hydrogen) atoms. The second-order valence-corrected chi connectivity index (χ2v) is 16.9. The third kappa shape index (κ3) is 6.86. The Bertz CT molecular complexity index is 2700. The van der Waals surface area contributed by atoms with Gasteiger partial charge in [-0.2, -0.15) is 0 Å². The van der Waals surface area contributed by atoms with Crippen molar-refractivity contribution in [1.29, 1.82) is 0 Å². The van der Waals surface area contributed by atoms with E-state index >= 15 is 0 Å². The topological polar surface area (TPSA) is 77.8 Å². The van der Waals surface area contributed by atoms with Crippen LogP contribution in [0.1, 0.15) is 91.8 Å². The molecule has 0 bridgehead atoms. The monoisotopic (exact) mass is 751 g/mol. The highest BCUT2D eigenvalue weighted by Crippen LogP contribution is 2.53. The summed E-state index contributed by atoms with van der Waals surface area (Å²) < 4.78 is 0. The average molecular weight is 752 g/mol. The van der Waals surface area contributed by atoms with Crippen LogP contribution in [0.2, 0.25) is 0 Å². The highest BCUT2D eigenvalue weighted by Gasteiger charge is 2.37. The van der Waals surface area contributed by atoms with Gasteiger partial charge in [-0.05, 0) is 146 Å². The van der Waals surface area contributed by atoms with Crippen molar-refractivity contribution >= 4 is 50.6 Å². The first-order valence-electron chi connectivity index (χ1n) is 20.0. The number of carboxylic acid groups (broad SMARTS) is 1. The summed E-state index contributed by atoms with van der Waals surface area (Å²) in [6.45, 7) is 15.7. The molecule has 0 spiro atoms. The molecule has 0 saturated carbocycles. The molecule has 8 rings (SSSR count). The summed E-state index contributed by atoms with van der Waals surface area (Å²) in [4.78, 5) is 28.3. The first-order chi connectivity index (χ1) is 27.3. The molecule has 0 atom stereocenters. The third-order valence-electron chi connectivity index (χ3n) is 12.0. The van der Waals surface area contributed by atoms with Crippen molar-refractivity contribution in [1.82, 2.24) is 0 Å². The molecular formula is C52H49NO4. The highest BCUT2D eigenvalue weighted by molar-refractivity contribution is 6.19. The number of fused-ring (bicyclic) bond motifs is 5. The largest absolute Gasteiger partial charge is 0.507 e. The smallest absolute Gasteiger partial charge is 0.339 e. The Morgan fingerprint density at radius 1 is 0.754 bits per heavy atom. The molecule has 6 aromatic carbocycles. The van der Waals surface area contributed by atoms with Gasteiger partial charge in [-0.25, -0.2) is 4.79 Å². The predicted octanol–water partition coefficient (Wildman–Crippen LogP) is 12.9. The van der Waals surface area contributed by atoms with Crippen LogP contribution in [0.15, 0.2) is 127 Å². The molecule has 2 N–H and O–H groups in total. The number of carbonyl (C=O) groups is 2. The van der Waals surface area contributed by atoms with Crippen LogP contribution in [-0.4, -0.2) is 35.1 Å². The Balaban J connectivity index is 1.35. The van der Waals surface area contributed by atoms with E-state index in [4.69, 9.17) is 0 Å². The number of allylic oxidation sites excluding steroid dienone is 5. The molecule has 0 saturated heterocycles. The molecule has 5 heteroatoms. The maximum Gasteiger partial charge on any atom is 0.339 e. The molecule has 0 radical (unpaired) electrons. The lowest BCUT2D eigenvalue weighted by Crippen LogP contribution is -2.28. The zero-order valence-corrected chi connectivity index (χ0v) is 33.6. The van der Waals surface area contributed by atoms with Gasteiger partial charge in [-0.1, -0.05) is 118 Å². The van der Waals surface area contributed by atoms with E-state index in [1.54, 1.807) is 12.1 Å². The van der Waals surface area contributed by atoms with E-state index in [9.17, 15) is 19.8 Å². The minimum Gasteiger partial charge on any atom is -0.507 e. The predicted molar refractivity (Wildman–Crippen MR) is 236 cm³/mol. The van der Waals surface area contributed by atoms with Crippen LogP contribution in [0, 0.1) is 5.41 Å². The Hall–Kier alpha value is -6.20. The molecule has 0 heterocycles. The zero-order chi connectivity index (χ0) is 40.2. The summed E-state index contributed by atoms with van der Waals surface area (Å²) in [6.07, 6.45) is 9.91. The standard InChI is InChI=1S/C52H49NO4/c1-7-53(8-2)38-19-15-34(16-20-38)44-29-36(28-35-18-23-42-39-25-26-51(3,4)30-37(39)31-52(5,6)49(42)47(35)44)41-22-17-33-11-9-10-12-40(33)48(41)45(54)24-14-32-13-21-43(50(56)57)46(55)27-32/h9-29,55H,7-8,30-31H2,1-6H3,(H,56,57)/b24-14+. The molecule has 2 aliphatic rings. The van der Waals surface area contributed by atoms with Gasteiger partial charge in [0.2, 0.25) is 0 Å². The molecule has 0 aromatic heterocycles. The molecule has 2 aliphatic carbocycles. The van der Waals surface area contributed by atoms with Crippen molar-refractivity contribution in [3.63, 3.8) is 0 Å².